The first kappa shape index (κ1) is 16.1. The van der Waals surface area contributed by atoms with Gasteiger partial charge < -0.3 is 0 Å². The lowest BCUT2D eigenvalue weighted by atomic mass is 9.97. The van der Waals surface area contributed by atoms with Crippen molar-refractivity contribution in [1.82, 2.24) is 0 Å². The summed E-state index contributed by atoms with van der Waals surface area (Å²) in [7, 11) is 0. The zero-order chi connectivity index (χ0) is 15.2. The van der Waals surface area contributed by atoms with E-state index in [0.29, 0.717) is 0 Å². The Kier molecular flexibility index (Phi) is 5.87. The summed E-state index contributed by atoms with van der Waals surface area (Å²) in [5.41, 5.74) is 6.61. The minimum atomic E-state index is 0.0470. The second-order valence-electron chi connectivity index (χ2n) is 5.95. The molecule has 0 amide bonds. The number of alkyl halides is 1. The van der Waals surface area contributed by atoms with Gasteiger partial charge in [-0.15, -0.1) is 11.6 Å². The normalized spacial score (nSPS) is 12.4. The third-order valence-electron chi connectivity index (χ3n) is 4.06. The largest absolute Gasteiger partial charge is 0.117 e. The van der Waals surface area contributed by atoms with Crippen molar-refractivity contribution >= 4 is 11.6 Å². The summed E-state index contributed by atoms with van der Waals surface area (Å²) in [6.45, 7) is 6.52. The lowest BCUT2D eigenvalue weighted by Crippen LogP contribution is -1.99. The molecular weight excluding hydrogens is 276 g/mol. The van der Waals surface area contributed by atoms with E-state index in [1.54, 1.807) is 0 Å². The van der Waals surface area contributed by atoms with Crippen LogP contribution in [-0.2, 0) is 12.8 Å². The Labute approximate surface area is 134 Å². The number of aryl methyl sites for hydroxylation is 3. The molecule has 2 aromatic carbocycles. The highest BCUT2D eigenvalue weighted by molar-refractivity contribution is 6.20. The molecule has 0 fully saturated rings. The van der Waals surface area contributed by atoms with Crippen LogP contribution in [0.15, 0.2) is 42.5 Å². The maximum absolute atomic E-state index is 6.62. The first-order chi connectivity index (χ1) is 10.1. The van der Waals surface area contributed by atoms with Crippen LogP contribution in [0.1, 0.15) is 53.0 Å². The molecule has 0 aliphatic rings. The number of hydrogen-bond acceptors (Lipinski definition) is 0. The molecule has 0 N–H and O–H groups in total. The molecule has 112 valence electrons. The van der Waals surface area contributed by atoms with Crippen LogP contribution in [0.25, 0.3) is 0 Å². The minimum absolute atomic E-state index is 0.0470. The summed E-state index contributed by atoms with van der Waals surface area (Å²) < 4.78 is 0. The highest BCUT2D eigenvalue weighted by atomic mass is 35.5. The second kappa shape index (κ2) is 7.66. The fraction of sp³-hybridized carbons (Fsp3) is 0.400. The van der Waals surface area contributed by atoms with Crippen molar-refractivity contribution in [2.24, 2.45) is 0 Å². The third kappa shape index (κ3) is 4.61. The van der Waals surface area contributed by atoms with E-state index in [2.05, 4.69) is 63.2 Å². The average Bonchev–Trinajstić information content (AvgIpc) is 2.49. The molecule has 0 saturated heterocycles. The standard InChI is InChI=1S/C20H25Cl/c1-4-5-6-17-9-11-18(12-10-17)20(21)14-19-13-15(2)7-8-16(19)3/h7-13,20H,4-6,14H2,1-3H3. The van der Waals surface area contributed by atoms with Crippen molar-refractivity contribution in [2.45, 2.75) is 51.8 Å². The molecule has 2 rings (SSSR count). The van der Waals surface area contributed by atoms with Gasteiger partial charge in [0.25, 0.3) is 0 Å². The molecule has 1 atom stereocenters. The summed E-state index contributed by atoms with van der Waals surface area (Å²) in [6.07, 6.45) is 4.56. The van der Waals surface area contributed by atoms with Gasteiger partial charge in [0.1, 0.15) is 0 Å². The smallest absolute Gasteiger partial charge is 0.0625 e. The van der Waals surface area contributed by atoms with Crippen molar-refractivity contribution in [2.75, 3.05) is 0 Å². The van der Waals surface area contributed by atoms with Gasteiger partial charge in [0.05, 0.1) is 5.38 Å². The zero-order valence-electron chi connectivity index (χ0n) is 13.3. The predicted molar refractivity (Wildman–Crippen MR) is 93.3 cm³/mol. The number of rotatable bonds is 6. The van der Waals surface area contributed by atoms with Crippen LogP contribution in [0.5, 0.6) is 0 Å². The molecule has 1 unspecified atom stereocenters. The van der Waals surface area contributed by atoms with E-state index in [1.807, 2.05) is 0 Å². The number of hydrogen-bond donors (Lipinski definition) is 0. The van der Waals surface area contributed by atoms with Crippen molar-refractivity contribution in [3.63, 3.8) is 0 Å². The first-order valence-electron chi connectivity index (χ1n) is 7.89. The van der Waals surface area contributed by atoms with Crippen LogP contribution < -0.4 is 0 Å². The number of benzene rings is 2. The van der Waals surface area contributed by atoms with Gasteiger partial charge in [-0.3, -0.25) is 0 Å². The number of unbranched alkanes of at least 4 members (excludes halogenated alkanes) is 1. The molecule has 1 heteroatoms. The van der Waals surface area contributed by atoms with Crippen molar-refractivity contribution in [3.8, 4) is 0 Å². The van der Waals surface area contributed by atoms with E-state index in [0.717, 1.165) is 6.42 Å². The molecule has 0 heterocycles. The van der Waals surface area contributed by atoms with E-state index >= 15 is 0 Å². The van der Waals surface area contributed by atoms with Crippen LogP contribution in [0, 0.1) is 13.8 Å². The van der Waals surface area contributed by atoms with Crippen molar-refractivity contribution in [1.29, 1.82) is 0 Å². The monoisotopic (exact) mass is 300 g/mol. The SMILES string of the molecule is CCCCc1ccc(C(Cl)Cc2cc(C)ccc2C)cc1. The van der Waals surface area contributed by atoms with Gasteiger partial charge in [-0.1, -0.05) is 61.4 Å². The van der Waals surface area contributed by atoms with E-state index in [-0.39, 0.29) is 5.38 Å². The molecule has 0 aliphatic carbocycles. The number of halogens is 1. The third-order valence-corrected chi connectivity index (χ3v) is 4.47. The Morgan fingerprint density at radius 2 is 1.71 bits per heavy atom. The second-order valence-corrected chi connectivity index (χ2v) is 6.47. The quantitative estimate of drug-likeness (QED) is 0.560. The van der Waals surface area contributed by atoms with E-state index in [9.17, 15) is 0 Å². The van der Waals surface area contributed by atoms with Crippen LogP contribution in [0.4, 0.5) is 0 Å². The van der Waals surface area contributed by atoms with Gasteiger partial charge in [-0.25, -0.2) is 0 Å². The van der Waals surface area contributed by atoms with E-state index in [4.69, 9.17) is 11.6 Å². The van der Waals surface area contributed by atoms with Crippen molar-refractivity contribution < 1.29 is 0 Å². The molecule has 0 aliphatic heterocycles. The van der Waals surface area contributed by atoms with Gasteiger partial charge in [-0.2, -0.15) is 0 Å². The predicted octanol–water partition coefficient (Wildman–Crippen LogP) is 6.17. The van der Waals surface area contributed by atoms with Crippen LogP contribution in [0.3, 0.4) is 0 Å². The van der Waals surface area contributed by atoms with Crippen molar-refractivity contribution in [3.05, 3.63) is 70.3 Å². The Morgan fingerprint density at radius 3 is 2.38 bits per heavy atom. The Morgan fingerprint density at radius 1 is 1.00 bits per heavy atom. The first-order valence-corrected chi connectivity index (χ1v) is 8.33. The molecular formula is C20H25Cl. The molecule has 0 aromatic heterocycles. The molecule has 0 spiro atoms. The minimum Gasteiger partial charge on any atom is -0.117 e. The van der Waals surface area contributed by atoms with Crippen LogP contribution in [-0.4, -0.2) is 0 Å². The van der Waals surface area contributed by atoms with Gasteiger partial charge in [-0.05, 0) is 55.4 Å². The topological polar surface area (TPSA) is 0 Å². The Bertz CT molecular complexity index is 569. The highest BCUT2D eigenvalue weighted by Crippen LogP contribution is 2.27. The van der Waals surface area contributed by atoms with Gasteiger partial charge in [0.15, 0.2) is 0 Å². The molecule has 2 aromatic rings. The Hall–Kier alpha value is -1.27. The Balaban J connectivity index is 2.05. The summed E-state index contributed by atoms with van der Waals surface area (Å²) in [5, 5.41) is 0.0470. The summed E-state index contributed by atoms with van der Waals surface area (Å²) in [6, 6.07) is 15.4. The lowest BCUT2D eigenvalue weighted by molar-refractivity contribution is 0.794. The maximum atomic E-state index is 6.62. The lowest BCUT2D eigenvalue weighted by Gasteiger charge is -2.13. The van der Waals surface area contributed by atoms with Gasteiger partial charge in [0.2, 0.25) is 0 Å². The maximum Gasteiger partial charge on any atom is 0.0625 e. The molecule has 0 radical (unpaired) electrons. The molecule has 21 heavy (non-hydrogen) atoms. The molecule has 0 saturated carbocycles. The van der Waals surface area contributed by atoms with E-state index in [1.165, 1.54) is 47.1 Å². The summed E-state index contributed by atoms with van der Waals surface area (Å²) in [5.74, 6) is 0. The van der Waals surface area contributed by atoms with Gasteiger partial charge >= 0.3 is 0 Å². The summed E-state index contributed by atoms with van der Waals surface area (Å²) in [4.78, 5) is 0. The molecule has 0 nitrogen and oxygen atoms in total. The van der Waals surface area contributed by atoms with Crippen LogP contribution in [0.2, 0.25) is 0 Å². The fourth-order valence-electron chi connectivity index (χ4n) is 2.61. The zero-order valence-corrected chi connectivity index (χ0v) is 14.1. The summed E-state index contributed by atoms with van der Waals surface area (Å²) >= 11 is 6.62. The molecule has 0 bridgehead atoms. The van der Waals surface area contributed by atoms with E-state index < -0.39 is 0 Å². The highest BCUT2D eigenvalue weighted by Gasteiger charge is 2.10. The average molecular weight is 301 g/mol. The van der Waals surface area contributed by atoms with Crippen LogP contribution >= 0.6 is 11.6 Å². The fourth-order valence-corrected chi connectivity index (χ4v) is 2.92. The van der Waals surface area contributed by atoms with Gasteiger partial charge in [0, 0.05) is 0 Å².